The van der Waals surface area contributed by atoms with Gasteiger partial charge in [0.2, 0.25) is 5.95 Å². The fourth-order valence-electron chi connectivity index (χ4n) is 1.95. The smallest absolute Gasteiger partial charge is 0.222 e. The third-order valence-electron chi connectivity index (χ3n) is 2.91. The second-order valence-electron chi connectivity index (χ2n) is 4.39. The summed E-state index contributed by atoms with van der Waals surface area (Å²) in [6.45, 7) is 3.85. The molecule has 4 N–H and O–H groups in total. The van der Waals surface area contributed by atoms with Crippen LogP contribution in [0, 0.1) is 11.3 Å². The molecular formula is C15H14ClN5O2. The van der Waals surface area contributed by atoms with Crippen molar-refractivity contribution >= 4 is 23.4 Å². The fraction of sp³-hybridized carbons (Fsp3) is 0.133. The molecule has 0 atom stereocenters. The van der Waals surface area contributed by atoms with Gasteiger partial charge in [0.15, 0.2) is 11.5 Å². The highest BCUT2D eigenvalue weighted by Gasteiger charge is 2.18. The molecule has 2 rings (SSSR count). The minimum atomic E-state index is -0.0430. The molecule has 0 fully saturated rings. The van der Waals surface area contributed by atoms with Crippen molar-refractivity contribution < 1.29 is 9.47 Å². The molecule has 8 heteroatoms. The Labute approximate surface area is 138 Å². The first-order valence-electron chi connectivity index (χ1n) is 6.46. The van der Waals surface area contributed by atoms with E-state index in [0.29, 0.717) is 22.1 Å². The average Bonchev–Trinajstić information content (AvgIpc) is 2.52. The maximum atomic E-state index is 9.27. The van der Waals surface area contributed by atoms with Crippen LogP contribution in [0.4, 0.5) is 11.8 Å². The van der Waals surface area contributed by atoms with Crippen molar-refractivity contribution in [3.05, 3.63) is 35.4 Å². The van der Waals surface area contributed by atoms with Crippen molar-refractivity contribution in [1.29, 1.82) is 5.26 Å². The highest BCUT2D eigenvalue weighted by Crippen LogP contribution is 2.40. The monoisotopic (exact) mass is 331 g/mol. The predicted octanol–water partition coefficient (Wildman–Crippen LogP) is 2.41. The molecule has 2 aromatic rings. The van der Waals surface area contributed by atoms with Crippen molar-refractivity contribution in [2.24, 2.45) is 0 Å². The molecule has 0 saturated heterocycles. The Balaban J connectivity index is 2.64. The summed E-state index contributed by atoms with van der Waals surface area (Å²) in [4.78, 5) is 7.85. The lowest BCUT2D eigenvalue weighted by Crippen LogP contribution is -2.05. The number of anilines is 2. The first-order valence-corrected chi connectivity index (χ1v) is 6.84. The summed E-state index contributed by atoms with van der Waals surface area (Å²) in [5.41, 5.74) is 12.2. The van der Waals surface area contributed by atoms with E-state index in [0.717, 1.165) is 0 Å². The Hall–Kier alpha value is -2.98. The first kappa shape index (κ1) is 16.4. The van der Waals surface area contributed by atoms with E-state index in [2.05, 4.69) is 16.5 Å². The number of nitrogens with two attached hydrogens (primary N) is 2. The van der Waals surface area contributed by atoms with Crippen LogP contribution in [-0.2, 0) is 0 Å². The highest BCUT2D eigenvalue weighted by molar-refractivity contribution is 6.32. The minimum Gasteiger partial charge on any atom is -0.493 e. The van der Waals surface area contributed by atoms with Crippen LogP contribution >= 0.6 is 11.6 Å². The van der Waals surface area contributed by atoms with Crippen LogP contribution in [0.3, 0.4) is 0 Å². The molecule has 0 amide bonds. The van der Waals surface area contributed by atoms with Crippen molar-refractivity contribution in [2.45, 2.75) is 0 Å². The number of nitriles is 1. The zero-order valence-corrected chi connectivity index (χ0v) is 13.1. The Morgan fingerprint density at radius 1 is 1.39 bits per heavy atom. The van der Waals surface area contributed by atoms with Gasteiger partial charge in [0.25, 0.3) is 0 Å². The quantitative estimate of drug-likeness (QED) is 0.807. The molecule has 0 bridgehead atoms. The third kappa shape index (κ3) is 3.27. The average molecular weight is 332 g/mol. The number of hydrogen-bond acceptors (Lipinski definition) is 7. The van der Waals surface area contributed by atoms with E-state index in [-0.39, 0.29) is 29.6 Å². The normalized spacial score (nSPS) is 9.96. The molecule has 0 unspecified atom stereocenters. The van der Waals surface area contributed by atoms with Gasteiger partial charge in [-0.25, -0.2) is 4.98 Å². The van der Waals surface area contributed by atoms with Crippen molar-refractivity contribution in [2.75, 3.05) is 25.2 Å². The minimum absolute atomic E-state index is 0.00271. The van der Waals surface area contributed by atoms with E-state index < -0.39 is 0 Å². The Bertz CT molecular complexity index is 801. The zero-order chi connectivity index (χ0) is 17.0. The lowest BCUT2D eigenvalue weighted by molar-refractivity contribution is 0.327. The van der Waals surface area contributed by atoms with Crippen LogP contribution in [-0.4, -0.2) is 23.7 Å². The lowest BCUT2D eigenvalue weighted by Gasteiger charge is -2.14. The van der Waals surface area contributed by atoms with E-state index in [1.165, 1.54) is 7.11 Å². The summed E-state index contributed by atoms with van der Waals surface area (Å²) >= 11 is 6.25. The van der Waals surface area contributed by atoms with E-state index in [4.69, 9.17) is 32.5 Å². The number of aromatic nitrogens is 2. The van der Waals surface area contributed by atoms with Gasteiger partial charge in [-0.2, -0.15) is 10.2 Å². The summed E-state index contributed by atoms with van der Waals surface area (Å²) in [6.07, 6.45) is 1.59. The van der Waals surface area contributed by atoms with Gasteiger partial charge >= 0.3 is 0 Å². The van der Waals surface area contributed by atoms with Crippen LogP contribution in [0.2, 0.25) is 5.02 Å². The Morgan fingerprint density at radius 2 is 2.13 bits per heavy atom. The predicted molar refractivity (Wildman–Crippen MR) is 88.3 cm³/mol. The molecule has 0 radical (unpaired) electrons. The summed E-state index contributed by atoms with van der Waals surface area (Å²) in [5, 5.41) is 9.56. The number of rotatable bonds is 5. The fourth-order valence-corrected chi connectivity index (χ4v) is 2.22. The number of ether oxygens (including phenoxy) is 2. The van der Waals surface area contributed by atoms with Gasteiger partial charge in [-0.15, -0.1) is 0 Å². The van der Waals surface area contributed by atoms with Crippen LogP contribution in [0.5, 0.6) is 11.5 Å². The molecule has 0 aliphatic carbocycles. The Morgan fingerprint density at radius 3 is 2.74 bits per heavy atom. The zero-order valence-electron chi connectivity index (χ0n) is 12.3. The Kier molecular flexibility index (Phi) is 4.88. The topological polar surface area (TPSA) is 120 Å². The van der Waals surface area contributed by atoms with Crippen LogP contribution < -0.4 is 20.9 Å². The van der Waals surface area contributed by atoms with E-state index >= 15 is 0 Å². The van der Waals surface area contributed by atoms with Gasteiger partial charge < -0.3 is 20.9 Å². The molecule has 118 valence electrons. The highest BCUT2D eigenvalue weighted by atomic mass is 35.5. The molecule has 0 spiro atoms. The summed E-state index contributed by atoms with van der Waals surface area (Å²) < 4.78 is 10.8. The number of methoxy groups -OCH3 is 1. The third-order valence-corrected chi connectivity index (χ3v) is 3.20. The second-order valence-corrected chi connectivity index (χ2v) is 4.80. The van der Waals surface area contributed by atoms with Crippen LogP contribution in [0.1, 0.15) is 5.56 Å². The second kappa shape index (κ2) is 6.85. The van der Waals surface area contributed by atoms with Crippen molar-refractivity contribution in [1.82, 2.24) is 9.97 Å². The van der Waals surface area contributed by atoms with Gasteiger partial charge in [0.1, 0.15) is 24.1 Å². The molecule has 0 aliphatic heterocycles. The molecule has 1 aromatic heterocycles. The van der Waals surface area contributed by atoms with Crippen LogP contribution in [0.15, 0.2) is 24.8 Å². The summed E-state index contributed by atoms with van der Waals surface area (Å²) in [5.74, 6) is 0.705. The lowest BCUT2D eigenvalue weighted by atomic mass is 10.1. The maximum absolute atomic E-state index is 9.27. The van der Waals surface area contributed by atoms with E-state index in [9.17, 15) is 5.26 Å². The standard InChI is InChI=1S/C15H14ClN5O2/c1-3-4-23-13-10(16)5-8(6-11(13)22-2)12-9(7-17)14(18)21-15(19)20-12/h3,5-6H,1,4H2,2H3,(H4,18,19,20,21). The number of hydrogen-bond donors (Lipinski definition) is 2. The largest absolute Gasteiger partial charge is 0.493 e. The van der Waals surface area contributed by atoms with Gasteiger partial charge in [-0.05, 0) is 12.1 Å². The SMILES string of the molecule is C=CCOc1c(Cl)cc(-c2nc(N)nc(N)c2C#N)cc1OC. The number of halogens is 1. The molecule has 7 nitrogen and oxygen atoms in total. The molecule has 1 heterocycles. The molecular weight excluding hydrogens is 318 g/mol. The maximum Gasteiger partial charge on any atom is 0.222 e. The molecule has 1 aromatic carbocycles. The van der Waals surface area contributed by atoms with Gasteiger partial charge in [-0.3, -0.25) is 0 Å². The van der Waals surface area contributed by atoms with Crippen molar-refractivity contribution in [3.63, 3.8) is 0 Å². The number of nitrogens with zero attached hydrogens (tertiary/aromatic N) is 3. The van der Waals surface area contributed by atoms with Gasteiger partial charge in [0, 0.05) is 5.56 Å². The van der Waals surface area contributed by atoms with Gasteiger partial charge in [-0.1, -0.05) is 24.3 Å². The van der Waals surface area contributed by atoms with E-state index in [1.807, 2.05) is 6.07 Å². The number of nitrogen functional groups attached to an aromatic ring is 2. The van der Waals surface area contributed by atoms with Crippen molar-refractivity contribution in [3.8, 4) is 28.8 Å². The van der Waals surface area contributed by atoms with Gasteiger partial charge in [0.05, 0.1) is 17.8 Å². The first-order chi connectivity index (χ1) is 11.0. The molecule has 0 aliphatic rings. The summed E-state index contributed by atoms with van der Waals surface area (Å²) in [6, 6.07) is 5.18. The summed E-state index contributed by atoms with van der Waals surface area (Å²) in [7, 11) is 1.48. The number of benzene rings is 1. The molecule has 0 saturated carbocycles. The van der Waals surface area contributed by atoms with E-state index in [1.54, 1.807) is 18.2 Å². The molecule has 23 heavy (non-hydrogen) atoms. The van der Waals surface area contributed by atoms with Crippen LogP contribution in [0.25, 0.3) is 11.3 Å².